The van der Waals surface area contributed by atoms with Crippen LogP contribution in [-0.2, 0) is 17.6 Å². The van der Waals surface area contributed by atoms with E-state index in [0.29, 0.717) is 6.42 Å². The third kappa shape index (κ3) is 2.58. The fourth-order valence-electron chi connectivity index (χ4n) is 3.85. The number of benzene rings is 3. The van der Waals surface area contributed by atoms with Crippen molar-refractivity contribution in [3.05, 3.63) is 83.4 Å². The van der Waals surface area contributed by atoms with Crippen LogP contribution in [0.15, 0.2) is 66.7 Å². The van der Waals surface area contributed by atoms with Gasteiger partial charge in [-0.2, -0.15) is 0 Å². The molecule has 1 amide bonds. The molecule has 0 aromatic heterocycles. The minimum absolute atomic E-state index is 0.188. The normalized spacial score (nSPS) is 16.1. The molecule has 1 atom stereocenters. The van der Waals surface area contributed by atoms with Gasteiger partial charge in [0.25, 0.3) is 0 Å². The lowest BCUT2D eigenvalue weighted by atomic mass is 10.0. The van der Waals surface area contributed by atoms with Gasteiger partial charge in [0, 0.05) is 7.05 Å². The monoisotopic (exact) mass is 315 g/mol. The Morgan fingerprint density at radius 3 is 2.67 bits per heavy atom. The number of aryl methyl sites for hydroxylation is 1. The Kier molecular flexibility index (Phi) is 3.81. The Morgan fingerprint density at radius 2 is 1.75 bits per heavy atom. The van der Waals surface area contributed by atoms with Crippen molar-refractivity contribution >= 4 is 16.7 Å². The Morgan fingerprint density at radius 1 is 1.00 bits per heavy atom. The highest BCUT2D eigenvalue weighted by molar-refractivity contribution is 5.90. The number of hydrogen-bond acceptors (Lipinski definition) is 1. The zero-order valence-corrected chi connectivity index (χ0v) is 13.9. The molecule has 0 N–H and O–H groups in total. The SMILES string of the molecule is CN(C(=O)Cc1cccc2ccccc12)C1CCc2ccccc21. The summed E-state index contributed by atoms with van der Waals surface area (Å²) in [6, 6.07) is 23.2. The molecule has 4 rings (SSSR count). The first-order chi connectivity index (χ1) is 11.7. The van der Waals surface area contributed by atoms with E-state index in [4.69, 9.17) is 0 Å². The first-order valence-electron chi connectivity index (χ1n) is 8.54. The van der Waals surface area contributed by atoms with Crippen LogP contribution in [0.1, 0.15) is 29.2 Å². The molecular formula is C22H21NO. The summed E-state index contributed by atoms with van der Waals surface area (Å²) in [4.78, 5) is 14.8. The molecule has 0 fully saturated rings. The van der Waals surface area contributed by atoms with Crippen molar-refractivity contribution in [2.45, 2.75) is 25.3 Å². The second-order valence-electron chi connectivity index (χ2n) is 6.57. The summed E-state index contributed by atoms with van der Waals surface area (Å²) in [7, 11) is 1.94. The van der Waals surface area contributed by atoms with Gasteiger partial charge in [0.2, 0.25) is 5.91 Å². The van der Waals surface area contributed by atoms with Crippen molar-refractivity contribution < 1.29 is 4.79 Å². The van der Waals surface area contributed by atoms with Crippen LogP contribution in [-0.4, -0.2) is 17.9 Å². The van der Waals surface area contributed by atoms with Crippen molar-refractivity contribution in [3.8, 4) is 0 Å². The van der Waals surface area contributed by atoms with E-state index in [1.165, 1.54) is 21.9 Å². The summed E-state index contributed by atoms with van der Waals surface area (Å²) in [5, 5.41) is 2.37. The number of amides is 1. The molecule has 2 heteroatoms. The minimum atomic E-state index is 0.188. The van der Waals surface area contributed by atoms with Crippen LogP contribution in [0.4, 0.5) is 0 Å². The fraction of sp³-hybridized carbons (Fsp3) is 0.227. The summed E-state index contributed by atoms with van der Waals surface area (Å²) in [5.74, 6) is 0.188. The van der Waals surface area contributed by atoms with E-state index in [0.717, 1.165) is 18.4 Å². The molecule has 1 aliphatic rings. The van der Waals surface area contributed by atoms with Crippen LogP contribution in [0.2, 0.25) is 0 Å². The van der Waals surface area contributed by atoms with E-state index in [1.807, 2.05) is 30.1 Å². The van der Waals surface area contributed by atoms with Crippen molar-refractivity contribution in [1.29, 1.82) is 0 Å². The molecule has 24 heavy (non-hydrogen) atoms. The number of carbonyl (C=O) groups is 1. The highest BCUT2D eigenvalue weighted by atomic mass is 16.2. The Labute approximate surface area is 142 Å². The molecule has 0 aliphatic heterocycles. The number of carbonyl (C=O) groups excluding carboxylic acids is 1. The third-order valence-corrected chi connectivity index (χ3v) is 5.18. The van der Waals surface area contributed by atoms with E-state index in [-0.39, 0.29) is 11.9 Å². The zero-order chi connectivity index (χ0) is 16.5. The number of fused-ring (bicyclic) bond motifs is 2. The highest BCUT2D eigenvalue weighted by Crippen LogP contribution is 2.35. The highest BCUT2D eigenvalue weighted by Gasteiger charge is 2.28. The predicted molar refractivity (Wildman–Crippen MR) is 97.9 cm³/mol. The predicted octanol–water partition coefficient (Wildman–Crippen LogP) is 4.53. The Balaban J connectivity index is 1.58. The Bertz CT molecular complexity index is 894. The molecule has 1 aliphatic carbocycles. The summed E-state index contributed by atoms with van der Waals surface area (Å²) in [6.45, 7) is 0. The average Bonchev–Trinajstić information content (AvgIpc) is 3.05. The van der Waals surface area contributed by atoms with E-state index >= 15 is 0 Å². The van der Waals surface area contributed by atoms with Crippen LogP contribution >= 0.6 is 0 Å². The van der Waals surface area contributed by atoms with E-state index in [2.05, 4.69) is 48.5 Å². The molecule has 0 radical (unpaired) electrons. The molecule has 3 aromatic carbocycles. The van der Waals surface area contributed by atoms with Crippen LogP contribution < -0.4 is 0 Å². The second kappa shape index (κ2) is 6.12. The molecule has 120 valence electrons. The lowest BCUT2D eigenvalue weighted by molar-refractivity contribution is -0.131. The van der Waals surface area contributed by atoms with E-state index in [9.17, 15) is 4.79 Å². The summed E-state index contributed by atoms with van der Waals surface area (Å²) in [6.07, 6.45) is 2.54. The first-order valence-corrected chi connectivity index (χ1v) is 8.54. The maximum absolute atomic E-state index is 12.9. The maximum atomic E-state index is 12.9. The number of hydrogen-bond donors (Lipinski definition) is 0. The lowest BCUT2D eigenvalue weighted by Gasteiger charge is -2.26. The van der Waals surface area contributed by atoms with Crippen molar-refractivity contribution in [2.24, 2.45) is 0 Å². The van der Waals surface area contributed by atoms with Gasteiger partial charge in [-0.25, -0.2) is 0 Å². The van der Waals surface area contributed by atoms with Gasteiger partial charge in [-0.05, 0) is 40.3 Å². The second-order valence-corrected chi connectivity index (χ2v) is 6.57. The average molecular weight is 315 g/mol. The molecule has 2 nitrogen and oxygen atoms in total. The molecule has 0 saturated heterocycles. The molecule has 0 bridgehead atoms. The van der Waals surface area contributed by atoms with Crippen LogP contribution in [0, 0.1) is 0 Å². The minimum Gasteiger partial charge on any atom is -0.338 e. The van der Waals surface area contributed by atoms with Crippen molar-refractivity contribution in [2.75, 3.05) is 7.05 Å². The van der Waals surface area contributed by atoms with Gasteiger partial charge >= 0.3 is 0 Å². The quantitative estimate of drug-likeness (QED) is 0.695. The van der Waals surface area contributed by atoms with Crippen molar-refractivity contribution in [1.82, 2.24) is 4.90 Å². The smallest absolute Gasteiger partial charge is 0.227 e. The first kappa shape index (κ1) is 14.9. The summed E-state index contributed by atoms with van der Waals surface area (Å²) >= 11 is 0. The number of likely N-dealkylation sites (N-methyl/N-ethyl adjacent to an activating group) is 1. The van der Waals surface area contributed by atoms with Crippen LogP contribution in [0.25, 0.3) is 10.8 Å². The third-order valence-electron chi connectivity index (χ3n) is 5.18. The zero-order valence-electron chi connectivity index (χ0n) is 13.9. The van der Waals surface area contributed by atoms with Gasteiger partial charge in [-0.1, -0.05) is 66.7 Å². The van der Waals surface area contributed by atoms with Crippen LogP contribution in [0.5, 0.6) is 0 Å². The fourth-order valence-corrected chi connectivity index (χ4v) is 3.85. The maximum Gasteiger partial charge on any atom is 0.227 e. The number of nitrogens with zero attached hydrogens (tertiary/aromatic N) is 1. The van der Waals surface area contributed by atoms with Crippen molar-refractivity contribution in [3.63, 3.8) is 0 Å². The Hall–Kier alpha value is -2.61. The molecular weight excluding hydrogens is 294 g/mol. The van der Waals surface area contributed by atoms with Crippen LogP contribution in [0.3, 0.4) is 0 Å². The van der Waals surface area contributed by atoms with Gasteiger partial charge in [0.15, 0.2) is 0 Å². The number of rotatable bonds is 3. The molecule has 3 aromatic rings. The standard InChI is InChI=1S/C22H21NO/c1-23(21-14-13-17-8-3-5-12-20(17)21)22(24)15-18-10-6-9-16-7-2-4-11-19(16)18/h2-12,21H,13-15H2,1H3. The largest absolute Gasteiger partial charge is 0.338 e. The lowest BCUT2D eigenvalue weighted by Crippen LogP contribution is -2.31. The molecule has 0 saturated carbocycles. The van der Waals surface area contributed by atoms with Gasteiger partial charge in [-0.3, -0.25) is 4.79 Å². The summed E-state index contributed by atoms with van der Waals surface area (Å²) < 4.78 is 0. The van der Waals surface area contributed by atoms with Gasteiger partial charge in [-0.15, -0.1) is 0 Å². The van der Waals surface area contributed by atoms with E-state index < -0.39 is 0 Å². The van der Waals surface area contributed by atoms with Gasteiger partial charge < -0.3 is 4.90 Å². The summed E-state index contributed by atoms with van der Waals surface area (Å²) in [5.41, 5.74) is 3.80. The topological polar surface area (TPSA) is 20.3 Å². The molecule has 0 spiro atoms. The van der Waals surface area contributed by atoms with Gasteiger partial charge in [0.05, 0.1) is 12.5 Å². The molecule has 1 unspecified atom stereocenters. The van der Waals surface area contributed by atoms with Gasteiger partial charge in [0.1, 0.15) is 0 Å². The molecule has 0 heterocycles. The van der Waals surface area contributed by atoms with E-state index in [1.54, 1.807) is 0 Å².